The van der Waals surface area contributed by atoms with Crippen LogP contribution in [-0.2, 0) is 12.8 Å². The van der Waals surface area contributed by atoms with Crippen molar-refractivity contribution in [3.8, 4) is 0 Å². The molecule has 3 aromatic heterocycles. The summed E-state index contributed by atoms with van der Waals surface area (Å²) in [7, 11) is 0. The predicted molar refractivity (Wildman–Crippen MR) is 78.3 cm³/mol. The SMILES string of the molecule is Nc1nc(Nc2ncco2)nc2sc3c(c12)CCCC3. The van der Waals surface area contributed by atoms with Crippen LogP contribution in [0.4, 0.5) is 17.8 Å². The van der Waals surface area contributed by atoms with Crippen LogP contribution in [0.15, 0.2) is 16.9 Å². The minimum Gasteiger partial charge on any atom is -0.432 e. The fourth-order valence-corrected chi connectivity index (χ4v) is 3.89. The number of nitrogens with zero attached hydrogens (tertiary/aromatic N) is 3. The molecular weight excluding hydrogens is 274 g/mol. The molecular formula is C13H13N5OS. The van der Waals surface area contributed by atoms with Gasteiger partial charge in [0.25, 0.3) is 0 Å². The predicted octanol–water partition coefficient (Wildman–Crippen LogP) is 2.88. The molecule has 7 heteroatoms. The van der Waals surface area contributed by atoms with Crippen LogP contribution >= 0.6 is 11.3 Å². The van der Waals surface area contributed by atoms with E-state index in [-0.39, 0.29) is 0 Å². The van der Waals surface area contributed by atoms with Crippen LogP contribution in [0.2, 0.25) is 0 Å². The standard InChI is InChI=1S/C13H13N5OS/c14-10-9-7-3-1-2-4-8(7)20-11(9)17-12(16-10)18-13-15-5-6-19-13/h5-6H,1-4H2,(H3,14,15,16,17,18). The topological polar surface area (TPSA) is 89.9 Å². The van der Waals surface area contributed by atoms with Gasteiger partial charge < -0.3 is 10.2 Å². The Bertz CT molecular complexity index is 765. The first kappa shape index (κ1) is 11.7. The number of aryl methyl sites for hydroxylation is 2. The summed E-state index contributed by atoms with van der Waals surface area (Å²) in [5.74, 6) is 0.958. The van der Waals surface area contributed by atoms with Gasteiger partial charge in [-0.25, -0.2) is 9.97 Å². The number of thiophene rings is 1. The zero-order valence-corrected chi connectivity index (χ0v) is 11.5. The third-order valence-electron chi connectivity index (χ3n) is 3.49. The molecule has 1 aliphatic carbocycles. The van der Waals surface area contributed by atoms with Gasteiger partial charge in [0.2, 0.25) is 5.95 Å². The van der Waals surface area contributed by atoms with E-state index in [0.29, 0.717) is 17.8 Å². The molecule has 0 fully saturated rings. The molecule has 1 aliphatic rings. The van der Waals surface area contributed by atoms with E-state index in [1.54, 1.807) is 17.5 Å². The molecule has 0 radical (unpaired) electrons. The summed E-state index contributed by atoms with van der Waals surface area (Å²) in [4.78, 5) is 15.2. The average molecular weight is 287 g/mol. The lowest BCUT2D eigenvalue weighted by atomic mass is 9.97. The molecule has 0 atom stereocenters. The molecule has 0 saturated heterocycles. The second kappa shape index (κ2) is 4.45. The third-order valence-corrected chi connectivity index (χ3v) is 4.68. The Morgan fingerprint density at radius 3 is 3.00 bits per heavy atom. The van der Waals surface area contributed by atoms with Crippen LogP contribution < -0.4 is 11.1 Å². The molecule has 6 nitrogen and oxygen atoms in total. The third kappa shape index (κ3) is 1.82. The molecule has 3 N–H and O–H groups in total. The lowest BCUT2D eigenvalue weighted by Gasteiger charge is -2.10. The van der Waals surface area contributed by atoms with Crippen LogP contribution in [0.3, 0.4) is 0 Å². The summed E-state index contributed by atoms with van der Waals surface area (Å²) in [6, 6.07) is 0.366. The monoisotopic (exact) mass is 287 g/mol. The van der Waals surface area contributed by atoms with Gasteiger partial charge in [0.1, 0.15) is 16.9 Å². The zero-order chi connectivity index (χ0) is 13.5. The Balaban J connectivity index is 1.82. The van der Waals surface area contributed by atoms with E-state index in [0.717, 1.165) is 23.1 Å². The van der Waals surface area contributed by atoms with Gasteiger partial charge in [0.05, 0.1) is 11.6 Å². The number of hydrogen-bond acceptors (Lipinski definition) is 7. The smallest absolute Gasteiger partial charge is 0.301 e. The van der Waals surface area contributed by atoms with E-state index in [1.165, 1.54) is 29.5 Å². The number of nitrogen functional groups attached to an aromatic ring is 1. The van der Waals surface area contributed by atoms with Crippen LogP contribution in [-0.4, -0.2) is 15.0 Å². The van der Waals surface area contributed by atoms with E-state index >= 15 is 0 Å². The quantitative estimate of drug-likeness (QED) is 0.753. The van der Waals surface area contributed by atoms with Crippen molar-refractivity contribution >= 4 is 39.3 Å². The van der Waals surface area contributed by atoms with Crippen molar-refractivity contribution < 1.29 is 4.42 Å². The lowest BCUT2D eigenvalue weighted by molar-refractivity contribution is 0.577. The highest BCUT2D eigenvalue weighted by atomic mass is 32.1. The fourth-order valence-electron chi connectivity index (χ4n) is 2.62. The largest absolute Gasteiger partial charge is 0.432 e. The number of nitrogens with one attached hydrogen (secondary N) is 1. The first-order chi connectivity index (χ1) is 9.81. The highest BCUT2D eigenvalue weighted by Crippen LogP contribution is 2.38. The maximum Gasteiger partial charge on any atom is 0.301 e. The highest BCUT2D eigenvalue weighted by molar-refractivity contribution is 7.19. The Hall–Kier alpha value is -2.15. The van der Waals surface area contributed by atoms with E-state index in [4.69, 9.17) is 10.2 Å². The van der Waals surface area contributed by atoms with Gasteiger partial charge in [-0.2, -0.15) is 4.98 Å². The maximum absolute atomic E-state index is 6.12. The Kier molecular flexibility index (Phi) is 2.59. The summed E-state index contributed by atoms with van der Waals surface area (Å²) in [5.41, 5.74) is 7.46. The van der Waals surface area contributed by atoms with E-state index in [1.807, 2.05) is 0 Å². The van der Waals surface area contributed by atoms with Crippen LogP contribution in [0.5, 0.6) is 0 Å². The Labute approximate surface area is 119 Å². The molecule has 0 aliphatic heterocycles. The van der Waals surface area contributed by atoms with Gasteiger partial charge in [-0.1, -0.05) is 0 Å². The molecule has 0 amide bonds. The summed E-state index contributed by atoms with van der Waals surface area (Å²) in [6.07, 6.45) is 7.72. The lowest BCUT2D eigenvalue weighted by Crippen LogP contribution is -2.03. The van der Waals surface area contributed by atoms with Gasteiger partial charge in [-0.05, 0) is 31.2 Å². The van der Waals surface area contributed by atoms with Crippen molar-refractivity contribution in [2.45, 2.75) is 25.7 Å². The Morgan fingerprint density at radius 2 is 2.15 bits per heavy atom. The van der Waals surface area contributed by atoms with E-state index < -0.39 is 0 Å². The van der Waals surface area contributed by atoms with Crippen molar-refractivity contribution in [2.75, 3.05) is 11.1 Å². The number of oxazole rings is 1. The maximum atomic E-state index is 6.12. The number of hydrogen-bond donors (Lipinski definition) is 2. The molecule has 0 bridgehead atoms. The molecule has 0 saturated carbocycles. The van der Waals surface area contributed by atoms with Crippen molar-refractivity contribution in [3.05, 3.63) is 22.9 Å². The highest BCUT2D eigenvalue weighted by Gasteiger charge is 2.20. The fraction of sp³-hybridized carbons (Fsp3) is 0.308. The summed E-state index contributed by atoms with van der Waals surface area (Å²) < 4.78 is 5.13. The number of aromatic nitrogens is 3. The van der Waals surface area contributed by atoms with Crippen LogP contribution in [0, 0.1) is 0 Å². The molecule has 0 spiro atoms. The Morgan fingerprint density at radius 1 is 1.25 bits per heavy atom. The summed E-state index contributed by atoms with van der Waals surface area (Å²) >= 11 is 1.72. The molecule has 0 unspecified atom stereocenters. The number of rotatable bonds is 2. The minimum absolute atomic E-state index is 0.366. The van der Waals surface area contributed by atoms with E-state index in [9.17, 15) is 0 Å². The normalized spacial score (nSPS) is 14.4. The average Bonchev–Trinajstić information content (AvgIpc) is 3.05. The first-order valence-corrected chi connectivity index (χ1v) is 7.37. The van der Waals surface area contributed by atoms with Crippen molar-refractivity contribution in [2.24, 2.45) is 0 Å². The van der Waals surface area contributed by atoms with Crippen LogP contribution in [0.25, 0.3) is 10.2 Å². The molecule has 102 valence electrons. The molecule has 20 heavy (non-hydrogen) atoms. The van der Waals surface area contributed by atoms with Crippen molar-refractivity contribution in [1.82, 2.24) is 15.0 Å². The van der Waals surface area contributed by atoms with Crippen molar-refractivity contribution in [1.29, 1.82) is 0 Å². The zero-order valence-electron chi connectivity index (χ0n) is 10.7. The number of anilines is 3. The number of nitrogens with two attached hydrogens (primary N) is 1. The summed E-state index contributed by atoms with van der Waals surface area (Å²) in [6.45, 7) is 0. The molecule has 3 aromatic rings. The van der Waals surface area contributed by atoms with Gasteiger partial charge >= 0.3 is 6.01 Å². The molecule has 3 heterocycles. The second-order valence-corrected chi connectivity index (χ2v) is 5.87. The van der Waals surface area contributed by atoms with Gasteiger partial charge in [-0.3, -0.25) is 5.32 Å². The van der Waals surface area contributed by atoms with Gasteiger partial charge in [-0.15, -0.1) is 11.3 Å². The van der Waals surface area contributed by atoms with Crippen molar-refractivity contribution in [3.63, 3.8) is 0 Å². The molecule has 4 rings (SSSR count). The minimum atomic E-state index is 0.366. The summed E-state index contributed by atoms with van der Waals surface area (Å²) in [5, 5.41) is 3.95. The van der Waals surface area contributed by atoms with Gasteiger partial charge in [0.15, 0.2) is 0 Å². The first-order valence-electron chi connectivity index (χ1n) is 6.55. The van der Waals surface area contributed by atoms with E-state index in [2.05, 4.69) is 20.3 Å². The van der Waals surface area contributed by atoms with Crippen LogP contribution in [0.1, 0.15) is 23.3 Å². The molecule has 0 aromatic carbocycles. The second-order valence-electron chi connectivity index (χ2n) is 4.79. The van der Waals surface area contributed by atoms with Gasteiger partial charge in [0, 0.05) is 4.88 Å². The number of fused-ring (bicyclic) bond motifs is 3.